The molecular weight excluding hydrogens is 258 g/mol. The van der Waals surface area contributed by atoms with E-state index in [0.29, 0.717) is 11.2 Å². The van der Waals surface area contributed by atoms with Crippen LogP contribution in [0.3, 0.4) is 0 Å². The first-order valence-electron chi connectivity index (χ1n) is 5.22. The zero-order valence-electron chi connectivity index (χ0n) is 9.08. The molecule has 0 radical (unpaired) electrons. The van der Waals surface area contributed by atoms with E-state index in [-0.39, 0.29) is 5.82 Å². The van der Waals surface area contributed by atoms with Crippen molar-refractivity contribution < 1.29 is 14.9 Å². The van der Waals surface area contributed by atoms with Crippen molar-refractivity contribution in [3.8, 4) is 0 Å². The SMILES string of the molecule is Nc1ncnc2c1ncn2[C@H]1O[C@@H](S)[C@H](O)[C@@H]1O. The molecule has 1 fully saturated rings. The van der Waals surface area contributed by atoms with E-state index in [0.717, 1.165) is 0 Å². The summed E-state index contributed by atoms with van der Waals surface area (Å²) < 4.78 is 6.86. The van der Waals surface area contributed by atoms with Crippen molar-refractivity contribution in [2.45, 2.75) is 23.9 Å². The number of hydrogen-bond acceptors (Lipinski definition) is 8. The number of rotatable bonds is 1. The Kier molecular flexibility index (Phi) is 2.63. The number of nitrogen functional groups attached to an aromatic ring is 1. The van der Waals surface area contributed by atoms with E-state index >= 15 is 0 Å². The van der Waals surface area contributed by atoms with Gasteiger partial charge in [-0.15, -0.1) is 12.6 Å². The average molecular weight is 269 g/mol. The van der Waals surface area contributed by atoms with Gasteiger partial charge in [0.1, 0.15) is 29.5 Å². The fourth-order valence-corrected chi connectivity index (χ4v) is 2.23. The van der Waals surface area contributed by atoms with Crippen LogP contribution in [0, 0.1) is 0 Å². The molecule has 0 spiro atoms. The number of fused-ring (bicyclic) bond motifs is 1. The molecule has 0 aromatic carbocycles. The van der Waals surface area contributed by atoms with Gasteiger partial charge in [-0.05, 0) is 0 Å². The molecule has 0 unspecified atom stereocenters. The van der Waals surface area contributed by atoms with Crippen LogP contribution in [0.15, 0.2) is 12.7 Å². The van der Waals surface area contributed by atoms with Crippen LogP contribution >= 0.6 is 12.6 Å². The van der Waals surface area contributed by atoms with Gasteiger partial charge in [0.15, 0.2) is 17.7 Å². The molecular formula is C9H11N5O3S. The maximum Gasteiger partial charge on any atom is 0.167 e. The Morgan fingerprint density at radius 3 is 2.72 bits per heavy atom. The fraction of sp³-hybridized carbons (Fsp3) is 0.444. The molecule has 4 atom stereocenters. The molecule has 8 nitrogen and oxygen atoms in total. The predicted molar refractivity (Wildman–Crippen MR) is 64.6 cm³/mol. The summed E-state index contributed by atoms with van der Waals surface area (Å²) in [5, 5.41) is 19.5. The Bertz CT molecular complexity index is 591. The third kappa shape index (κ3) is 1.56. The third-order valence-electron chi connectivity index (χ3n) is 2.87. The molecule has 1 saturated heterocycles. The van der Waals surface area contributed by atoms with Crippen LogP contribution in [-0.4, -0.2) is 47.4 Å². The highest BCUT2D eigenvalue weighted by Gasteiger charge is 2.42. The van der Waals surface area contributed by atoms with Gasteiger partial charge in [0.25, 0.3) is 0 Å². The molecule has 2 aromatic heterocycles. The molecule has 2 aromatic rings. The second-order valence-electron chi connectivity index (χ2n) is 3.98. The molecule has 0 saturated carbocycles. The van der Waals surface area contributed by atoms with Gasteiger partial charge in [-0.2, -0.15) is 0 Å². The van der Waals surface area contributed by atoms with Crippen LogP contribution in [0.2, 0.25) is 0 Å². The van der Waals surface area contributed by atoms with Crippen LogP contribution in [0.4, 0.5) is 5.82 Å². The average Bonchev–Trinajstić information content (AvgIpc) is 2.88. The van der Waals surface area contributed by atoms with Crippen LogP contribution in [-0.2, 0) is 4.74 Å². The van der Waals surface area contributed by atoms with Crippen LogP contribution in [0.25, 0.3) is 11.2 Å². The van der Waals surface area contributed by atoms with Gasteiger partial charge >= 0.3 is 0 Å². The number of ether oxygens (including phenoxy) is 1. The lowest BCUT2D eigenvalue weighted by Gasteiger charge is -2.16. The van der Waals surface area contributed by atoms with Crippen molar-refractivity contribution in [2.24, 2.45) is 0 Å². The van der Waals surface area contributed by atoms with Crippen LogP contribution in [0.1, 0.15) is 6.23 Å². The number of nitrogens with two attached hydrogens (primary N) is 1. The predicted octanol–water partition coefficient (Wildman–Crippen LogP) is -1.09. The lowest BCUT2D eigenvalue weighted by molar-refractivity contribution is -0.0191. The first kappa shape index (κ1) is 11.7. The lowest BCUT2D eigenvalue weighted by atomic mass is 10.2. The minimum absolute atomic E-state index is 0.245. The number of aliphatic hydroxyl groups is 2. The molecule has 9 heteroatoms. The topological polar surface area (TPSA) is 119 Å². The first-order chi connectivity index (χ1) is 8.59. The molecule has 0 aliphatic carbocycles. The molecule has 3 rings (SSSR count). The van der Waals surface area contributed by atoms with Crippen molar-refractivity contribution in [2.75, 3.05) is 5.73 Å². The zero-order valence-corrected chi connectivity index (χ0v) is 9.97. The van der Waals surface area contributed by atoms with Gasteiger partial charge < -0.3 is 20.7 Å². The summed E-state index contributed by atoms with van der Waals surface area (Å²) in [6.07, 6.45) is -0.258. The first-order valence-corrected chi connectivity index (χ1v) is 5.74. The van der Waals surface area contributed by atoms with E-state index in [1.165, 1.54) is 17.2 Å². The second-order valence-corrected chi connectivity index (χ2v) is 4.49. The van der Waals surface area contributed by atoms with Gasteiger partial charge in [-0.25, -0.2) is 15.0 Å². The normalized spacial score (nSPS) is 32.2. The maximum absolute atomic E-state index is 9.88. The van der Waals surface area contributed by atoms with E-state index in [9.17, 15) is 10.2 Å². The van der Waals surface area contributed by atoms with E-state index in [1.807, 2.05) is 0 Å². The second kappa shape index (κ2) is 4.05. The summed E-state index contributed by atoms with van der Waals surface area (Å²) in [5.74, 6) is 0.245. The summed E-state index contributed by atoms with van der Waals surface area (Å²) in [7, 11) is 0. The molecule has 18 heavy (non-hydrogen) atoms. The quantitative estimate of drug-likeness (QED) is 0.486. The van der Waals surface area contributed by atoms with Crippen LogP contribution < -0.4 is 5.73 Å². The van der Waals surface area contributed by atoms with Gasteiger partial charge in [0.2, 0.25) is 0 Å². The largest absolute Gasteiger partial charge is 0.387 e. The van der Waals surface area contributed by atoms with Crippen LogP contribution in [0.5, 0.6) is 0 Å². The zero-order chi connectivity index (χ0) is 12.9. The van der Waals surface area contributed by atoms with Crippen molar-refractivity contribution in [3.05, 3.63) is 12.7 Å². The minimum Gasteiger partial charge on any atom is -0.387 e. The van der Waals surface area contributed by atoms with Crippen molar-refractivity contribution in [1.82, 2.24) is 19.5 Å². The van der Waals surface area contributed by atoms with E-state index < -0.39 is 23.9 Å². The van der Waals surface area contributed by atoms with Gasteiger partial charge in [0, 0.05) is 0 Å². The Hall–Kier alpha value is -1.42. The molecule has 0 bridgehead atoms. The number of aliphatic hydroxyl groups excluding tert-OH is 2. The van der Waals surface area contributed by atoms with Gasteiger partial charge in [-0.1, -0.05) is 0 Å². The van der Waals surface area contributed by atoms with Crippen molar-refractivity contribution in [1.29, 1.82) is 0 Å². The van der Waals surface area contributed by atoms with Gasteiger partial charge in [0.05, 0.1) is 6.33 Å². The Balaban J connectivity index is 2.08. The monoisotopic (exact) mass is 269 g/mol. The summed E-state index contributed by atoms with van der Waals surface area (Å²) in [6, 6.07) is 0. The van der Waals surface area contributed by atoms with E-state index in [1.54, 1.807) is 0 Å². The summed E-state index contributed by atoms with van der Waals surface area (Å²) in [4.78, 5) is 11.9. The highest BCUT2D eigenvalue weighted by molar-refractivity contribution is 7.80. The Morgan fingerprint density at radius 1 is 1.28 bits per heavy atom. The van der Waals surface area contributed by atoms with E-state index in [4.69, 9.17) is 10.5 Å². The molecule has 4 N–H and O–H groups in total. The number of imidazole rings is 1. The number of nitrogens with zero attached hydrogens (tertiary/aromatic N) is 4. The lowest BCUT2D eigenvalue weighted by Crippen LogP contribution is -2.29. The molecule has 0 amide bonds. The third-order valence-corrected chi connectivity index (χ3v) is 3.30. The summed E-state index contributed by atoms with van der Waals surface area (Å²) in [5.41, 5.74) is 5.75. The highest BCUT2D eigenvalue weighted by atomic mass is 32.1. The molecule has 1 aliphatic rings. The van der Waals surface area contributed by atoms with E-state index in [2.05, 4.69) is 27.6 Å². The van der Waals surface area contributed by atoms with Crippen molar-refractivity contribution >= 4 is 29.6 Å². The number of anilines is 1. The Morgan fingerprint density at radius 2 is 2.06 bits per heavy atom. The summed E-state index contributed by atoms with van der Waals surface area (Å²) >= 11 is 4.03. The van der Waals surface area contributed by atoms with Gasteiger partial charge in [-0.3, -0.25) is 4.57 Å². The minimum atomic E-state index is -1.11. The fourth-order valence-electron chi connectivity index (χ4n) is 1.93. The van der Waals surface area contributed by atoms with Crippen molar-refractivity contribution in [3.63, 3.8) is 0 Å². The smallest absolute Gasteiger partial charge is 0.167 e. The summed E-state index contributed by atoms with van der Waals surface area (Å²) in [6.45, 7) is 0. The molecule has 1 aliphatic heterocycles. The Labute approximate surface area is 107 Å². The molecule has 96 valence electrons. The highest BCUT2D eigenvalue weighted by Crippen LogP contribution is 2.32. The molecule has 3 heterocycles. The number of hydrogen-bond donors (Lipinski definition) is 4. The number of aromatic nitrogens is 4. The number of thiol groups is 1. The maximum atomic E-state index is 9.88. The standard InChI is InChI=1S/C9H11N5O3S/c10-6-3-7(12-1-11-6)14(2-13-3)8-4(15)5(16)9(18)17-8/h1-2,4-5,8-9,15-16,18H,(H2,10,11,12)/t4-,5+,8-,9-/m0/s1.